The third kappa shape index (κ3) is 3.31. The Morgan fingerprint density at radius 1 is 1.25 bits per heavy atom. The van der Waals surface area contributed by atoms with Gasteiger partial charge in [0.2, 0.25) is 0 Å². The number of halogens is 2. The molecule has 0 heterocycles. The summed E-state index contributed by atoms with van der Waals surface area (Å²) >= 11 is 3.09. The number of ether oxygens (including phenoxy) is 1. The van der Waals surface area contributed by atoms with Crippen LogP contribution in [0.3, 0.4) is 0 Å². The van der Waals surface area contributed by atoms with Crippen molar-refractivity contribution in [2.45, 2.75) is 26.2 Å². The van der Waals surface area contributed by atoms with Gasteiger partial charge in [0.05, 0.1) is 10.2 Å². The molecule has 0 fully saturated rings. The molecule has 0 amide bonds. The van der Waals surface area contributed by atoms with Crippen LogP contribution in [0.5, 0.6) is 11.5 Å². The van der Waals surface area contributed by atoms with Crippen LogP contribution >= 0.6 is 15.9 Å². The van der Waals surface area contributed by atoms with E-state index in [9.17, 15) is 4.39 Å². The van der Waals surface area contributed by atoms with Crippen molar-refractivity contribution in [1.82, 2.24) is 0 Å². The van der Waals surface area contributed by atoms with E-state index < -0.39 is 5.82 Å². The highest BCUT2D eigenvalue weighted by Crippen LogP contribution is 2.32. The van der Waals surface area contributed by atoms with Crippen LogP contribution in [0.1, 0.15) is 31.7 Å². The van der Waals surface area contributed by atoms with Crippen molar-refractivity contribution >= 4 is 21.6 Å². The van der Waals surface area contributed by atoms with Crippen molar-refractivity contribution < 1.29 is 9.13 Å². The van der Waals surface area contributed by atoms with E-state index in [4.69, 9.17) is 10.5 Å². The van der Waals surface area contributed by atoms with Gasteiger partial charge in [-0.1, -0.05) is 26.0 Å². The normalized spacial score (nSPS) is 12.2. The minimum atomic E-state index is -0.398. The average Bonchev–Trinajstić information content (AvgIpc) is 2.44. The molecule has 0 spiro atoms. The van der Waals surface area contributed by atoms with Gasteiger partial charge in [-0.2, -0.15) is 0 Å². The van der Waals surface area contributed by atoms with Crippen LogP contribution in [0.4, 0.5) is 10.1 Å². The van der Waals surface area contributed by atoms with Gasteiger partial charge in [0, 0.05) is 6.07 Å². The van der Waals surface area contributed by atoms with Crippen LogP contribution in [0.15, 0.2) is 40.9 Å². The first-order valence-corrected chi connectivity index (χ1v) is 7.33. The maximum absolute atomic E-state index is 13.5. The van der Waals surface area contributed by atoms with Gasteiger partial charge in [-0.3, -0.25) is 0 Å². The zero-order chi connectivity index (χ0) is 14.7. The third-order valence-electron chi connectivity index (χ3n) is 3.34. The molecular formula is C16H17BrFNO. The summed E-state index contributed by atoms with van der Waals surface area (Å²) in [7, 11) is 0. The SMILES string of the molecule is CCC(C)c1ccc(Oc2cc(F)c(Br)cc2N)cc1. The molecule has 0 saturated carbocycles. The lowest BCUT2D eigenvalue weighted by atomic mass is 9.99. The summed E-state index contributed by atoms with van der Waals surface area (Å²) in [4.78, 5) is 0. The number of nitrogen functional groups attached to an aromatic ring is 1. The molecule has 2 N–H and O–H groups in total. The Morgan fingerprint density at radius 2 is 1.90 bits per heavy atom. The van der Waals surface area contributed by atoms with Crippen LogP contribution in [0, 0.1) is 5.82 Å². The second-order valence-electron chi connectivity index (χ2n) is 4.78. The summed E-state index contributed by atoms with van der Waals surface area (Å²) in [5.41, 5.74) is 7.47. The lowest BCUT2D eigenvalue weighted by Gasteiger charge is -2.12. The molecule has 0 saturated heterocycles. The minimum absolute atomic E-state index is 0.321. The molecule has 0 radical (unpaired) electrons. The fourth-order valence-corrected chi connectivity index (χ4v) is 2.22. The van der Waals surface area contributed by atoms with E-state index in [1.165, 1.54) is 17.7 Å². The number of anilines is 1. The van der Waals surface area contributed by atoms with Gasteiger partial charge < -0.3 is 10.5 Å². The van der Waals surface area contributed by atoms with Crippen molar-refractivity contribution in [2.75, 3.05) is 5.73 Å². The van der Waals surface area contributed by atoms with Gasteiger partial charge in [-0.25, -0.2) is 4.39 Å². The summed E-state index contributed by atoms with van der Waals surface area (Å²) in [6.45, 7) is 4.33. The second-order valence-corrected chi connectivity index (χ2v) is 5.64. The van der Waals surface area contributed by atoms with Crippen LogP contribution in [0.25, 0.3) is 0 Å². The summed E-state index contributed by atoms with van der Waals surface area (Å²) in [6, 6.07) is 10.6. The topological polar surface area (TPSA) is 35.2 Å². The Morgan fingerprint density at radius 3 is 2.50 bits per heavy atom. The highest BCUT2D eigenvalue weighted by molar-refractivity contribution is 9.10. The molecule has 2 aromatic carbocycles. The molecule has 0 aromatic heterocycles. The molecule has 0 aliphatic carbocycles. The summed E-state index contributed by atoms with van der Waals surface area (Å²) in [6.07, 6.45) is 1.09. The van der Waals surface area contributed by atoms with Crippen LogP contribution in [-0.4, -0.2) is 0 Å². The van der Waals surface area contributed by atoms with E-state index in [0.29, 0.717) is 27.6 Å². The van der Waals surface area contributed by atoms with E-state index in [2.05, 4.69) is 29.8 Å². The van der Waals surface area contributed by atoms with Gasteiger partial charge in [0.1, 0.15) is 11.6 Å². The monoisotopic (exact) mass is 337 g/mol. The van der Waals surface area contributed by atoms with Gasteiger partial charge in [-0.15, -0.1) is 0 Å². The van der Waals surface area contributed by atoms with E-state index >= 15 is 0 Å². The molecule has 2 rings (SSSR count). The lowest BCUT2D eigenvalue weighted by molar-refractivity contribution is 0.478. The standard InChI is InChI=1S/C16H17BrFNO/c1-3-10(2)11-4-6-12(7-5-11)20-16-9-14(18)13(17)8-15(16)19/h4-10H,3,19H2,1-2H3. The molecule has 106 valence electrons. The number of hydrogen-bond donors (Lipinski definition) is 1. The van der Waals surface area contributed by atoms with Crippen LogP contribution < -0.4 is 10.5 Å². The van der Waals surface area contributed by atoms with Gasteiger partial charge in [0.15, 0.2) is 5.75 Å². The smallest absolute Gasteiger partial charge is 0.153 e. The third-order valence-corrected chi connectivity index (χ3v) is 3.95. The highest BCUT2D eigenvalue weighted by Gasteiger charge is 2.09. The fraction of sp³-hybridized carbons (Fsp3) is 0.250. The molecule has 2 nitrogen and oxygen atoms in total. The molecule has 2 aromatic rings. The van der Waals surface area contributed by atoms with Gasteiger partial charge in [0.25, 0.3) is 0 Å². The first kappa shape index (κ1) is 14.9. The van der Waals surface area contributed by atoms with E-state index in [1.54, 1.807) is 0 Å². The summed E-state index contributed by atoms with van der Waals surface area (Å²) < 4.78 is 19.5. The number of benzene rings is 2. The molecule has 1 atom stereocenters. The van der Waals surface area contributed by atoms with E-state index in [1.807, 2.05) is 24.3 Å². The van der Waals surface area contributed by atoms with Crippen molar-refractivity contribution in [3.8, 4) is 11.5 Å². The Labute approximate surface area is 126 Å². The van der Waals surface area contributed by atoms with Crippen molar-refractivity contribution in [1.29, 1.82) is 0 Å². The zero-order valence-electron chi connectivity index (χ0n) is 11.5. The van der Waals surface area contributed by atoms with E-state index in [0.717, 1.165) is 6.42 Å². The van der Waals surface area contributed by atoms with Crippen LogP contribution in [0.2, 0.25) is 0 Å². The van der Waals surface area contributed by atoms with Crippen LogP contribution in [-0.2, 0) is 0 Å². The van der Waals surface area contributed by atoms with Crippen molar-refractivity contribution in [2.24, 2.45) is 0 Å². The Bertz CT molecular complexity index is 598. The lowest BCUT2D eigenvalue weighted by Crippen LogP contribution is -1.95. The Balaban J connectivity index is 2.20. The summed E-state index contributed by atoms with van der Waals surface area (Å²) in [5, 5.41) is 0. The van der Waals surface area contributed by atoms with Crippen molar-refractivity contribution in [3.05, 3.63) is 52.3 Å². The maximum atomic E-state index is 13.5. The maximum Gasteiger partial charge on any atom is 0.153 e. The first-order valence-electron chi connectivity index (χ1n) is 6.53. The molecule has 1 unspecified atom stereocenters. The second kappa shape index (κ2) is 6.27. The predicted octanol–water partition coefficient (Wildman–Crippen LogP) is 5.48. The molecule has 4 heteroatoms. The molecule has 0 aliphatic rings. The highest BCUT2D eigenvalue weighted by atomic mass is 79.9. The van der Waals surface area contributed by atoms with Gasteiger partial charge >= 0.3 is 0 Å². The molecule has 20 heavy (non-hydrogen) atoms. The fourth-order valence-electron chi connectivity index (χ4n) is 1.86. The quantitative estimate of drug-likeness (QED) is 0.750. The predicted molar refractivity (Wildman–Crippen MR) is 83.7 cm³/mol. The van der Waals surface area contributed by atoms with Gasteiger partial charge in [-0.05, 0) is 52.0 Å². The largest absolute Gasteiger partial charge is 0.455 e. The summed E-state index contributed by atoms with van der Waals surface area (Å²) in [5.74, 6) is 1.08. The average molecular weight is 338 g/mol. The zero-order valence-corrected chi connectivity index (χ0v) is 13.1. The Hall–Kier alpha value is -1.55. The molecular weight excluding hydrogens is 321 g/mol. The number of rotatable bonds is 4. The molecule has 0 bridgehead atoms. The minimum Gasteiger partial charge on any atom is -0.455 e. The molecule has 0 aliphatic heterocycles. The van der Waals surface area contributed by atoms with E-state index in [-0.39, 0.29) is 0 Å². The Kier molecular flexibility index (Phi) is 4.65. The number of nitrogens with two attached hydrogens (primary N) is 1. The number of hydrogen-bond acceptors (Lipinski definition) is 2. The van der Waals surface area contributed by atoms with Crippen molar-refractivity contribution in [3.63, 3.8) is 0 Å². The first-order chi connectivity index (χ1) is 9.51.